The summed E-state index contributed by atoms with van der Waals surface area (Å²) in [6.45, 7) is 4.37. The molecule has 1 aliphatic carbocycles. The van der Waals surface area contributed by atoms with Gasteiger partial charge in [0.05, 0.1) is 4.90 Å². The molecule has 2 saturated heterocycles. The molecule has 2 aliphatic heterocycles. The molecule has 180 valence electrons. The van der Waals surface area contributed by atoms with Gasteiger partial charge in [-0.25, -0.2) is 8.42 Å². The van der Waals surface area contributed by atoms with Gasteiger partial charge in [0.2, 0.25) is 21.8 Å². The molecule has 1 aromatic rings. The van der Waals surface area contributed by atoms with Crippen LogP contribution in [0.15, 0.2) is 23.1 Å². The number of piperazine rings is 1. The number of nitrogens with two attached hydrogens (primary N) is 1. The fourth-order valence-corrected chi connectivity index (χ4v) is 6.05. The van der Waals surface area contributed by atoms with E-state index >= 15 is 0 Å². The SMILES string of the molecule is Cc1c(N2CCCCC2=O)cccc1S(=O)(=O)N[C@@H](C(N)=O)C(=O)N1CCN(C2CC2)CC1. The smallest absolute Gasteiger partial charge is 0.250 e. The number of piperidine rings is 1. The molecule has 3 fully saturated rings. The minimum Gasteiger partial charge on any atom is -0.368 e. The van der Waals surface area contributed by atoms with Crippen molar-refractivity contribution in [1.82, 2.24) is 14.5 Å². The summed E-state index contributed by atoms with van der Waals surface area (Å²) in [6, 6.07) is 3.54. The van der Waals surface area contributed by atoms with E-state index in [-0.39, 0.29) is 10.8 Å². The number of carbonyl (C=O) groups is 3. The summed E-state index contributed by atoms with van der Waals surface area (Å²) in [7, 11) is -4.26. The molecule has 3 N–H and O–H groups in total. The second kappa shape index (κ2) is 9.40. The van der Waals surface area contributed by atoms with Gasteiger partial charge in [-0.15, -0.1) is 0 Å². The van der Waals surface area contributed by atoms with Gasteiger partial charge in [0.1, 0.15) is 0 Å². The van der Waals surface area contributed by atoms with Crippen molar-refractivity contribution in [3.05, 3.63) is 23.8 Å². The summed E-state index contributed by atoms with van der Waals surface area (Å²) in [5.41, 5.74) is 6.34. The number of nitrogens with zero attached hydrogens (tertiary/aromatic N) is 3. The predicted molar refractivity (Wildman–Crippen MR) is 122 cm³/mol. The second-order valence-electron chi connectivity index (χ2n) is 8.95. The normalized spacial score (nSPS) is 21.2. The molecule has 1 atom stereocenters. The molecule has 1 saturated carbocycles. The van der Waals surface area contributed by atoms with Gasteiger partial charge in [0.15, 0.2) is 6.04 Å². The van der Waals surface area contributed by atoms with E-state index in [0.717, 1.165) is 12.8 Å². The number of amides is 3. The maximum Gasteiger partial charge on any atom is 0.250 e. The Morgan fingerprint density at radius 3 is 2.39 bits per heavy atom. The molecule has 11 heteroatoms. The molecule has 0 radical (unpaired) electrons. The topological polar surface area (TPSA) is 133 Å². The highest BCUT2D eigenvalue weighted by molar-refractivity contribution is 7.89. The fraction of sp³-hybridized carbons (Fsp3) is 0.591. The lowest BCUT2D eigenvalue weighted by Crippen LogP contribution is -2.58. The first-order chi connectivity index (χ1) is 15.7. The van der Waals surface area contributed by atoms with Crippen LogP contribution in [-0.2, 0) is 24.4 Å². The van der Waals surface area contributed by atoms with E-state index in [9.17, 15) is 22.8 Å². The predicted octanol–water partition coefficient (Wildman–Crippen LogP) is -0.0493. The van der Waals surface area contributed by atoms with Crippen molar-refractivity contribution in [2.24, 2.45) is 5.73 Å². The van der Waals surface area contributed by atoms with Crippen molar-refractivity contribution >= 4 is 33.4 Å². The first-order valence-electron chi connectivity index (χ1n) is 11.4. The second-order valence-corrected chi connectivity index (χ2v) is 10.6. The van der Waals surface area contributed by atoms with E-state index in [0.29, 0.717) is 56.4 Å². The first-order valence-corrected chi connectivity index (χ1v) is 12.9. The van der Waals surface area contributed by atoms with Crippen molar-refractivity contribution in [2.75, 3.05) is 37.6 Å². The summed E-state index contributed by atoms with van der Waals surface area (Å²) in [5, 5.41) is 0. The summed E-state index contributed by atoms with van der Waals surface area (Å²) in [5.74, 6) is -1.74. The van der Waals surface area contributed by atoms with Crippen molar-refractivity contribution in [1.29, 1.82) is 0 Å². The number of anilines is 1. The minimum absolute atomic E-state index is 0.0533. The van der Waals surface area contributed by atoms with Gasteiger partial charge in [-0.3, -0.25) is 19.3 Å². The molecule has 10 nitrogen and oxygen atoms in total. The van der Waals surface area contributed by atoms with Gasteiger partial charge in [-0.05, 0) is 50.3 Å². The summed E-state index contributed by atoms with van der Waals surface area (Å²) >= 11 is 0. The lowest BCUT2D eigenvalue weighted by atomic mass is 10.1. The highest BCUT2D eigenvalue weighted by atomic mass is 32.2. The van der Waals surface area contributed by atoms with Crippen LogP contribution in [0, 0.1) is 6.92 Å². The molecule has 0 aromatic heterocycles. The number of nitrogens with one attached hydrogen (secondary N) is 1. The standard InChI is InChI=1S/C22H31N5O5S/c1-15-17(27-10-3-2-7-19(27)28)5-4-6-18(15)33(31,32)24-20(21(23)29)22(30)26-13-11-25(12-14-26)16-8-9-16/h4-6,16,20,24H,2-3,7-14H2,1H3,(H2,23,29)/t20-/m0/s1. The van der Waals surface area contributed by atoms with Gasteiger partial charge >= 0.3 is 0 Å². The summed E-state index contributed by atoms with van der Waals surface area (Å²) in [4.78, 5) is 42.8. The Morgan fingerprint density at radius 1 is 1.09 bits per heavy atom. The van der Waals surface area contributed by atoms with Gasteiger partial charge in [0, 0.05) is 50.9 Å². The Morgan fingerprint density at radius 2 is 1.79 bits per heavy atom. The van der Waals surface area contributed by atoms with Crippen LogP contribution < -0.4 is 15.4 Å². The number of hydrogen-bond donors (Lipinski definition) is 2. The van der Waals surface area contributed by atoms with Crippen molar-refractivity contribution in [2.45, 2.75) is 56.0 Å². The zero-order chi connectivity index (χ0) is 23.8. The Labute approximate surface area is 194 Å². The lowest BCUT2D eigenvalue weighted by Gasteiger charge is -2.36. The number of benzene rings is 1. The third-order valence-electron chi connectivity index (χ3n) is 6.65. The molecule has 33 heavy (non-hydrogen) atoms. The third kappa shape index (κ3) is 5.04. The minimum atomic E-state index is -4.26. The number of hydrogen-bond acceptors (Lipinski definition) is 6. The number of primary amides is 1. The molecule has 0 spiro atoms. The Balaban J connectivity index is 1.52. The number of rotatable bonds is 7. The molecule has 3 amide bonds. The van der Waals surface area contributed by atoms with Crippen LogP contribution >= 0.6 is 0 Å². The van der Waals surface area contributed by atoms with Crippen LogP contribution in [0.25, 0.3) is 0 Å². The summed E-state index contributed by atoms with van der Waals surface area (Å²) in [6.07, 6.45) is 4.40. The number of carbonyl (C=O) groups excluding carboxylic acids is 3. The molecular formula is C22H31N5O5S. The van der Waals surface area contributed by atoms with E-state index in [4.69, 9.17) is 5.73 Å². The van der Waals surface area contributed by atoms with Gasteiger partial charge in [0.25, 0.3) is 5.91 Å². The van der Waals surface area contributed by atoms with Crippen LogP contribution in [0.1, 0.15) is 37.7 Å². The molecule has 0 unspecified atom stereocenters. The highest BCUT2D eigenvalue weighted by Gasteiger charge is 2.38. The zero-order valence-electron chi connectivity index (χ0n) is 18.8. The summed E-state index contributed by atoms with van der Waals surface area (Å²) < 4.78 is 28.7. The van der Waals surface area contributed by atoms with Crippen LogP contribution in [-0.4, -0.2) is 80.7 Å². The Bertz CT molecular complexity index is 1050. The maximum absolute atomic E-state index is 13.2. The first kappa shape index (κ1) is 23.7. The monoisotopic (exact) mass is 477 g/mol. The molecule has 1 aromatic carbocycles. The van der Waals surface area contributed by atoms with E-state index in [2.05, 4.69) is 9.62 Å². The zero-order valence-corrected chi connectivity index (χ0v) is 19.6. The van der Waals surface area contributed by atoms with E-state index < -0.39 is 27.9 Å². The third-order valence-corrected chi connectivity index (χ3v) is 8.22. The van der Waals surface area contributed by atoms with Gasteiger partial charge in [-0.2, -0.15) is 4.72 Å². The van der Waals surface area contributed by atoms with Crippen molar-refractivity contribution < 1.29 is 22.8 Å². The number of sulfonamides is 1. The van der Waals surface area contributed by atoms with Crippen molar-refractivity contribution in [3.8, 4) is 0 Å². The Hall–Kier alpha value is -2.50. The highest BCUT2D eigenvalue weighted by Crippen LogP contribution is 2.30. The van der Waals surface area contributed by atoms with Gasteiger partial charge in [-0.1, -0.05) is 6.07 Å². The quantitative estimate of drug-likeness (QED) is 0.529. The average molecular weight is 478 g/mol. The van der Waals surface area contributed by atoms with E-state index in [1.165, 1.54) is 23.8 Å². The lowest BCUT2D eigenvalue weighted by molar-refractivity contribution is -0.139. The molecule has 0 bridgehead atoms. The largest absolute Gasteiger partial charge is 0.368 e. The maximum atomic E-state index is 13.2. The molecule has 4 rings (SSSR count). The van der Waals surface area contributed by atoms with Crippen molar-refractivity contribution in [3.63, 3.8) is 0 Å². The van der Waals surface area contributed by atoms with Crippen LogP contribution in [0.2, 0.25) is 0 Å². The molecule has 2 heterocycles. The van der Waals surface area contributed by atoms with E-state index in [1.54, 1.807) is 24.0 Å². The van der Waals surface area contributed by atoms with E-state index in [1.807, 2.05) is 0 Å². The Kier molecular flexibility index (Phi) is 6.73. The average Bonchev–Trinajstić information content (AvgIpc) is 3.63. The van der Waals surface area contributed by atoms with Crippen LogP contribution in [0.4, 0.5) is 5.69 Å². The van der Waals surface area contributed by atoms with Crippen LogP contribution in [0.5, 0.6) is 0 Å². The van der Waals surface area contributed by atoms with Gasteiger partial charge < -0.3 is 15.5 Å². The fourth-order valence-electron chi connectivity index (χ4n) is 4.63. The van der Waals surface area contributed by atoms with Crippen LogP contribution in [0.3, 0.4) is 0 Å². The molecular weight excluding hydrogens is 446 g/mol. The molecule has 3 aliphatic rings.